The van der Waals surface area contributed by atoms with Crippen LogP contribution < -0.4 is 5.32 Å². The molecule has 6 nitrogen and oxygen atoms in total. The minimum Gasteiger partial charge on any atom is -0.382 e. The van der Waals surface area contributed by atoms with E-state index in [9.17, 15) is 0 Å². The number of methoxy groups -OCH3 is 1. The van der Waals surface area contributed by atoms with Gasteiger partial charge in [0.1, 0.15) is 0 Å². The van der Waals surface area contributed by atoms with Crippen molar-refractivity contribution in [1.82, 2.24) is 15.1 Å². The Morgan fingerprint density at radius 2 is 2.11 bits per heavy atom. The Labute approximate surface area is 170 Å². The van der Waals surface area contributed by atoms with Crippen molar-refractivity contribution in [2.45, 2.75) is 32.9 Å². The molecule has 0 aromatic heterocycles. The first-order valence-electron chi connectivity index (χ1n) is 10.5. The minimum absolute atomic E-state index is 0.379. The van der Waals surface area contributed by atoms with E-state index in [1.807, 2.05) is 0 Å². The van der Waals surface area contributed by atoms with Crippen molar-refractivity contribution in [2.75, 3.05) is 60.2 Å². The van der Waals surface area contributed by atoms with Crippen LogP contribution in [0.4, 0.5) is 0 Å². The van der Waals surface area contributed by atoms with Gasteiger partial charge in [0.05, 0.1) is 26.4 Å². The summed E-state index contributed by atoms with van der Waals surface area (Å²) in [6.07, 6.45) is 1.15. The summed E-state index contributed by atoms with van der Waals surface area (Å²) in [6.45, 7) is 11.2. The molecule has 1 aromatic carbocycles. The number of ether oxygens (including phenoxy) is 2. The zero-order valence-corrected chi connectivity index (χ0v) is 18.1. The molecule has 2 atom stereocenters. The molecule has 6 heteroatoms. The van der Waals surface area contributed by atoms with Gasteiger partial charge in [0.25, 0.3) is 0 Å². The van der Waals surface area contributed by atoms with Crippen molar-refractivity contribution in [3.63, 3.8) is 0 Å². The Bertz CT molecular complexity index is 567. The lowest BCUT2D eigenvalue weighted by atomic mass is 10.1. The second-order valence-corrected chi connectivity index (χ2v) is 7.61. The SMILES string of the molecule is CCNC(=NCC(C)N(C)Cc1ccccc1)N1CCC(COCCOC)C1. The molecule has 1 aromatic rings. The summed E-state index contributed by atoms with van der Waals surface area (Å²) >= 11 is 0. The quantitative estimate of drug-likeness (QED) is 0.357. The van der Waals surface area contributed by atoms with Crippen LogP contribution in [0.15, 0.2) is 35.3 Å². The summed E-state index contributed by atoms with van der Waals surface area (Å²) in [4.78, 5) is 9.66. The second-order valence-electron chi connectivity index (χ2n) is 7.61. The molecule has 1 heterocycles. The van der Waals surface area contributed by atoms with E-state index in [1.54, 1.807) is 7.11 Å². The molecule has 0 saturated carbocycles. The molecular weight excluding hydrogens is 352 g/mol. The molecule has 2 rings (SSSR count). The van der Waals surface area contributed by atoms with E-state index in [1.165, 1.54) is 5.56 Å². The highest BCUT2D eigenvalue weighted by molar-refractivity contribution is 5.80. The average Bonchev–Trinajstić information content (AvgIpc) is 3.17. The number of rotatable bonds is 11. The van der Waals surface area contributed by atoms with E-state index in [4.69, 9.17) is 14.5 Å². The van der Waals surface area contributed by atoms with Crippen LogP contribution in [-0.2, 0) is 16.0 Å². The smallest absolute Gasteiger partial charge is 0.193 e. The van der Waals surface area contributed by atoms with Crippen LogP contribution in [0.5, 0.6) is 0 Å². The normalized spacial score (nSPS) is 18.7. The molecule has 1 saturated heterocycles. The van der Waals surface area contributed by atoms with Crippen LogP contribution in [0.1, 0.15) is 25.8 Å². The van der Waals surface area contributed by atoms with Gasteiger partial charge in [0.2, 0.25) is 0 Å². The standard InChI is InChI=1S/C22H38N4O2/c1-5-23-22(26-12-11-21(17-26)18-28-14-13-27-4)24-15-19(2)25(3)16-20-9-7-6-8-10-20/h6-10,19,21H,5,11-18H2,1-4H3,(H,23,24). The van der Waals surface area contributed by atoms with Gasteiger partial charge in [0.15, 0.2) is 5.96 Å². The first kappa shape index (κ1) is 22.7. The van der Waals surface area contributed by atoms with Crippen LogP contribution in [0, 0.1) is 5.92 Å². The zero-order valence-electron chi connectivity index (χ0n) is 18.1. The van der Waals surface area contributed by atoms with E-state index < -0.39 is 0 Å². The highest BCUT2D eigenvalue weighted by atomic mass is 16.5. The third-order valence-electron chi connectivity index (χ3n) is 5.24. The molecule has 1 fully saturated rings. The predicted molar refractivity (Wildman–Crippen MR) is 116 cm³/mol. The number of likely N-dealkylation sites (N-methyl/N-ethyl adjacent to an activating group) is 1. The fourth-order valence-corrected chi connectivity index (χ4v) is 3.36. The van der Waals surface area contributed by atoms with E-state index in [2.05, 4.69) is 66.3 Å². The Kier molecular flexibility index (Phi) is 10.3. The fraction of sp³-hybridized carbons (Fsp3) is 0.682. The van der Waals surface area contributed by atoms with Gasteiger partial charge in [-0.25, -0.2) is 0 Å². The maximum atomic E-state index is 5.71. The van der Waals surface area contributed by atoms with Crippen molar-refractivity contribution >= 4 is 5.96 Å². The lowest BCUT2D eigenvalue weighted by Gasteiger charge is -2.26. The number of benzene rings is 1. The first-order chi connectivity index (χ1) is 13.6. The number of aliphatic imine (C=N–C) groups is 1. The van der Waals surface area contributed by atoms with Gasteiger partial charge in [-0.1, -0.05) is 30.3 Å². The Morgan fingerprint density at radius 3 is 2.82 bits per heavy atom. The van der Waals surface area contributed by atoms with Crippen molar-refractivity contribution < 1.29 is 9.47 Å². The van der Waals surface area contributed by atoms with Gasteiger partial charge in [-0.05, 0) is 32.9 Å². The summed E-state index contributed by atoms with van der Waals surface area (Å²) in [5, 5.41) is 3.46. The fourth-order valence-electron chi connectivity index (χ4n) is 3.36. The van der Waals surface area contributed by atoms with Crippen molar-refractivity contribution in [2.24, 2.45) is 10.9 Å². The molecule has 0 radical (unpaired) electrons. The number of hydrogen-bond acceptors (Lipinski definition) is 4. The molecule has 0 bridgehead atoms. The Morgan fingerprint density at radius 1 is 1.32 bits per heavy atom. The van der Waals surface area contributed by atoms with Crippen LogP contribution in [0.2, 0.25) is 0 Å². The number of nitrogens with zero attached hydrogens (tertiary/aromatic N) is 3. The third-order valence-corrected chi connectivity index (χ3v) is 5.24. The highest BCUT2D eigenvalue weighted by Crippen LogP contribution is 2.17. The summed E-state index contributed by atoms with van der Waals surface area (Å²) in [5.74, 6) is 1.60. The molecule has 1 N–H and O–H groups in total. The Hall–Kier alpha value is -1.63. The van der Waals surface area contributed by atoms with E-state index >= 15 is 0 Å². The molecule has 0 spiro atoms. The predicted octanol–water partition coefficient (Wildman–Crippen LogP) is 2.46. The van der Waals surface area contributed by atoms with Crippen LogP contribution in [0.25, 0.3) is 0 Å². The largest absolute Gasteiger partial charge is 0.382 e. The maximum absolute atomic E-state index is 5.71. The van der Waals surface area contributed by atoms with Gasteiger partial charge < -0.3 is 19.7 Å². The zero-order chi connectivity index (χ0) is 20.2. The van der Waals surface area contributed by atoms with Gasteiger partial charge in [0, 0.05) is 45.2 Å². The molecule has 0 aliphatic carbocycles. The lowest BCUT2D eigenvalue weighted by Crippen LogP contribution is -2.41. The lowest BCUT2D eigenvalue weighted by molar-refractivity contribution is 0.0536. The molecular formula is C22H38N4O2. The van der Waals surface area contributed by atoms with Crippen molar-refractivity contribution in [3.05, 3.63) is 35.9 Å². The van der Waals surface area contributed by atoms with Crippen molar-refractivity contribution in [1.29, 1.82) is 0 Å². The van der Waals surface area contributed by atoms with Gasteiger partial charge in [-0.3, -0.25) is 9.89 Å². The number of guanidine groups is 1. The Balaban J connectivity index is 1.82. The minimum atomic E-state index is 0.379. The first-order valence-corrected chi connectivity index (χ1v) is 10.5. The van der Waals surface area contributed by atoms with E-state index in [0.717, 1.165) is 51.7 Å². The van der Waals surface area contributed by atoms with Crippen LogP contribution in [0.3, 0.4) is 0 Å². The summed E-state index contributed by atoms with van der Waals surface area (Å²) in [5.41, 5.74) is 1.34. The van der Waals surface area contributed by atoms with E-state index in [-0.39, 0.29) is 0 Å². The molecule has 1 aliphatic heterocycles. The number of hydrogen-bond donors (Lipinski definition) is 1. The second kappa shape index (κ2) is 12.8. The van der Waals surface area contributed by atoms with Crippen molar-refractivity contribution in [3.8, 4) is 0 Å². The van der Waals surface area contributed by atoms with Gasteiger partial charge in [-0.2, -0.15) is 0 Å². The topological polar surface area (TPSA) is 49.3 Å². The average molecular weight is 391 g/mol. The monoisotopic (exact) mass is 390 g/mol. The number of likely N-dealkylation sites (tertiary alicyclic amines) is 1. The summed E-state index contributed by atoms with van der Waals surface area (Å²) in [6, 6.07) is 11.0. The highest BCUT2D eigenvalue weighted by Gasteiger charge is 2.25. The molecule has 2 unspecified atom stereocenters. The summed E-state index contributed by atoms with van der Waals surface area (Å²) in [7, 11) is 3.88. The number of nitrogens with one attached hydrogen (secondary N) is 1. The van der Waals surface area contributed by atoms with Crippen LogP contribution in [-0.4, -0.2) is 82.0 Å². The maximum Gasteiger partial charge on any atom is 0.193 e. The molecule has 1 aliphatic rings. The van der Waals surface area contributed by atoms with Crippen LogP contribution >= 0.6 is 0 Å². The molecule has 158 valence electrons. The molecule has 28 heavy (non-hydrogen) atoms. The van der Waals surface area contributed by atoms with Gasteiger partial charge >= 0.3 is 0 Å². The van der Waals surface area contributed by atoms with E-state index in [0.29, 0.717) is 25.2 Å². The third kappa shape index (κ3) is 7.78. The molecule has 0 amide bonds. The van der Waals surface area contributed by atoms with Gasteiger partial charge in [-0.15, -0.1) is 0 Å². The summed E-state index contributed by atoms with van der Waals surface area (Å²) < 4.78 is 10.8.